The van der Waals surface area contributed by atoms with Crippen LogP contribution >= 0.6 is 0 Å². The highest BCUT2D eigenvalue weighted by Gasteiger charge is 2.34. The van der Waals surface area contributed by atoms with Gasteiger partial charge in [0.25, 0.3) is 5.91 Å². The van der Waals surface area contributed by atoms with Gasteiger partial charge in [0.1, 0.15) is 18.1 Å². The maximum atomic E-state index is 13.7. The zero-order chi connectivity index (χ0) is 24.2. The van der Waals surface area contributed by atoms with Crippen LogP contribution in [0.3, 0.4) is 0 Å². The largest absolute Gasteiger partial charge is 0.496 e. The third-order valence-electron chi connectivity index (χ3n) is 6.20. The summed E-state index contributed by atoms with van der Waals surface area (Å²) in [6, 6.07) is 17.1. The lowest BCUT2D eigenvalue weighted by Crippen LogP contribution is -2.42. The number of rotatable bonds is 7. The van der Waals surface area contributed by atoms with Crippen molar-refractivity contribution in [1.82, 2.24) is 4.90 Å². The Labute approximate surface area is 201 Å². The predicted octanol–water partition coefficient (Wildman–Crippen LogP) is 5.15. The minimum atomic E-state index is -0.304. The van der Waals surface area contributed by atoms with Gasteiger partial charge in [-0.15, -0.1) is 0 Å². The van der Waals surface area contributed by atoms with E-state index in [2.05, 4.69) is 6.07 Å². The SMILES string of the molecule is COc1cc2c(cc1OC)[C@@H](COc1cc(C)cc(C)c1)N(C(=O)c1ccccc1OC)CC2. The fourth-order valence-corrected chi connectivity index (χ4v) is 4.62. The number of benzene rings is 3. The molecule has 178 valence electrons. The molecule has 0 bridgehead atoms. The zero-order valence-corrected chi connectivity index (χ0v) is 20.4. The Hall–Kier alpha value is -3.67. The summed E-state index contributed by atoms with van der Waals surface area (Å²) in [6.07, 6.45) is 0.705. The molecule has 1 heterocycles. The van der Waals surface area contributed by atoms with E-state index in [4.69, 9.17) is 18.9 Å². The quantitative estimate of drug-likeness (QED) is 0.487. The van der Waals surface area contributed by atoms with Gasteiger partial charge in [-0.1, -0.05) is 18.2 Å². The third kappa shape index (κ3) is 4.67. The molecule has 0 saturated heterocycles. The third-order valence-corrected chi connectivity index (χ3v) is 6.20. The highest BCUT2D eigenvalue weighted by Crippen LogP contribution is 2.39. The second-order valence-corrected chi connectivity index (χ2v) is 8.51. The van der Waals surface area contributed by atoms with Crippen molar-refractivity contribution in [2.45, 2.75) is 26.3 Å². The van der Waals surface area contributed by atoms with Gasteiger partial charge in [-0.25, -0.2) is 0 Å². The van der Waals surface area contributed by atoms with E-state index in [0.29, 0.717) is 42.4 Å². The van der Waals surface area contributed by atoms with Crippen molar-refractivity contribution in [3.8, 4) is 23.0 Å². The maximum absolute atomic E-state index is 13.7. The van der Waals surface area contributed by atoms with E-state index in [1.54, 1.807) is 33.5 Å². The standard InChI is InChI=1S/C28H31NO5/c1-18-12-19(2)14-21(13-18)34-17-24-23-16-27(33-5)26(32-4)15-20(23)10-11-29(24)28(30)22-8-6-7-9-25(22)31-3/h6-9,12-16,24H,10-11,17H2,1-5H3/t24-/m1/s1. The number of ether oxygens (including phenoxy) is 4. The number of aryl methyl sites for hydroxylation is 2. The molecule has 1 aliphatic rings. The van der Waals surface area contributed by atoms with Crippen LogP contribution in [0.1, 0.15) is 38.7 Å². The maximum Gasteiger partial charge on any atom is 0.258 e. The molecule has 6 heteroatoms. The van der Waals surface area contributed by atoms with E-state index >= 15 is 0 Å². The molecule has 0 N–H and O–H groups in total. The van der Waals surface area contributed by atoms with Crippen LogP contribution in [0.5, 0.6) is 23.0 Å². The molecule has 4 rings (SSSR count). The summed E-state index contributed by atoms with van der Waals surface area (Å²) in [5, 5.41) is 0. The summed E-state index contributed by atoms with van der Waals surface area (Å²) in [5.74, 6) is 2.56. The number of methoxy groups -OCH3 is 3. The number of hydrogen-bond acceptors (Lipinski definition) is 5. The molecule has 0 aliphatic carbocycles. The number of amides is 1. The van der Waals surface area contributed by atoms with E-state index in [1.165, 1.54) is 0 Å². The first-order valence-corrected chi connectivity index (χ1v) is 11.3. The van der Waals surface area contributed by atoms with Crippen molar-refractivity contribution in [2.75, 3.05) is 34.5 Å². The molecular formula is C28H31NO5. The average molecular weight is 462 g/mol. The van der Waals surface area contributed by atoms with Crippen molar-refractivity contribution in [1.29, 1.82) is 0 Å². The zero-order valence-electron chi connectivity index (χ0n) is 20.4. The smallest absolute Gasteiger partial charge is 0.258 e. The highest BCUT2D eigenvalue weighted by molar-refractivity contribution is 5.97. The van der Waals surface area contributed by atoms with Crippen LogP contribution in [-0.2, 0) is 6.42 Å². The molecule has 1 atom stereocenters. The normalized spacial score (nSPS) is 14.9. The summed E-state index contributed by atoms with van der Waals surface area (Å²) in [5.41, 5.74) is 4.91. The molecule has 3 aromatic carbocycles. The molecule has 1 aliphatic heterocycles. The minimum absolute atomic E-state index is 0.0908. The van der Waals surface area contributed by atoms with Gasteiger partial charge in [-0.05, 0) is 78.9 Å². The molecule has 34 heavy (non-hydrogen) atoms. The van der Waals surface area contributed by atoms with Crippen molar-refractivity contribution >= 4 is 5.91 Å². The van der Waals surface area contributed by atoms with Gasteiger partial charge in [0.15, 0.2) is 11.5 Å². The van der Waals surface area contributed by atoms with Gasteiger partial charge in [-0.2, -0.15) is 0 Å². The summed E-state index contributed by atoms with van der Waals surface area (Å²) in [4.78, 5) is 15.6. The monoisotopic (exact) mass is 461 g/mol. The summed E-state index contributed by atoms with van der Waals surface area (Å²) < 4.78 is 22.8. The Bertz CT molecular complexity index is 1170. The van der Waals surface area contributed by atoms with Gasteiger partial charge in [0.05, 0.1) is 32.9 Å². The lowest BCUT2D eigenvalue weighted by molar-refractivity contribution is 0.0586. The van der Waals surface area contributed by atoms with E-state index < -0.39 is 0 Å². The van der Waals surface area contributed by atoms with E-state index in [-0.39, 0.29) is 11.9 Å². The van der Waals surface area contributed by atoms with Crippen LogP contribution in [0, 0.1) is 13.8 Å². The molecular weight excluding hydrogens is 430 g/mol. The molecule has 0 spiro atoms. The van der Waals surface area contributed by atoms with Crippen LogP contribution in [0.4, 0.5) is 0 Å². The summed E-state index contributed by atoms with van der Waals surface area (Å²) in [7, 11) is 4.83. The molecule has 0 fully saturated rings. The first-order chi connectivity index (χ1) is 16.4. The Morgan fingerprint density at radius 3 is 2.21 bits per heavy atom. The van der Waals surface area contributed by atoms with Gasteiger partial charge < -0.3 is 23.8 Å². The summed E-state index contributed by atoms with van der Waals surface area (Å²) in [6.45, 7) is 4.96. The molecule has 0 aromatic heterocycles. The molecule has 0 unspecified atom stereocenters. The van der Waals surface area contributed by atoms with Crippen molar-refractivity contribution < 1.29 is 23.7 Å². The highest BCUT2D eigenvalue weighted by atomic mass is 16.5. The Kier molecular flexibility index (Phi) is 6.96. The first-order valence-electron chi connectivity index (χ1n) is 11.3. The van der Waals surface area contributed by atoms with Crippen LogP contribution in [0.2, 0.25) is 0 Å². The molecule has 0 saturated carbocycles. The first kappa shape index (κ1) is 23.5. The van der Waals surface area contributed by atoms with Gasteiger partial charge >= 0.3 is 0 Å². The van der Waals surface area contributed by atoms with Crippen LogP contribution < -0.4 is 18.9 Å². The number of carbonyl (C=O) groups excluding carboxylic acids is 1. The number of fused-ring (bicyclic) bond motifs is 1. The van der Waals surface area contributed by atoms with E-state index in [1.807, 2.05) is 55.1 Å². The summed E-state index contributed by atoms with van der Waals surface area (Å²) >= 11 is 0. The predicted molar refractivity (Wildman–Crippen MR) is 131 cm³/mol. The Morgan fingerprint density at radius 2 is 1.53 bits per heavy atom. The molecule has 3 aromatic rings. The number of carbonyl (C=O) groups is 1. The topological polar surface area (TPSA) is 57.2 Å². The van der Waals surface area contributed by atoms with Crippen LogP contribution in [0.25, 0.3) is 0 Å². The molecule has 1 amide bonds. The van der Waals surface area contributed by atoms with Crippen molar-refractivity contribution in [3.63, 3.8) is 0 Å². The second kappa shape index (κ2) is 10.1. The fourth-order valence-electron chi connectivity index (χ4n) is 4.62. The Balaban J connectivity index is 1.74. The molecule has 6 nitrogen and oxygen atoms in total. The number of nitrogens with zero attached hydrogens (tertiary/aromatic N) is 1. The number of para-hydroxylation sites is 1. The van der Waals surface area contributed by atoms with Crippen molar-refractivity contribution in [3.05, 3.63) is 82.4 Å². The lowest BCUT2D eigenvalue weighted by Gasteiger charge is -2.38. The van der Waals surface area contributed by atoms with Crippen LogP contribution in [-0.4, -0.2) is 45.3 Å². The van der Waals surface area contributed by atoms with Gasteiger partial charge in [0, 0.05) is 6.54 Å². The van der Waals surface area contributed by atoms with E-state index in [0.717, 1.165) is 28.0 Å². The fraction of sp³-hybridized carbons (Fsp3) is 0.321. The number of hydrogen-bond donors (Lipinski definition) is 0. The van der Waals surface area contributed by atoms with Crippen LogP contribution in [0.15, 0.2) is 54.6 Å². The lowest BCUT2D eigenvalue weighted by atomic mass is 9.91. The van der Waals surface area contributed by atoms with Gasteiger partial charge in [0.2, 0.25) is 0 Å². The minimum Gasteiger partial charge on any atom is -0.496 e. The average Bonchev–Trinajstić information content (AvgIpc) is 2.85. The molecule has 0 radical (unpaired) electrons. The van der Waals surface area contributed by atoms with Crippen molar-refractivity contribution in [2.24, 2.45) is 0 Å². The van der Waals surface area contributed by atoms with E-state index in [9.17, 15) is 4.79 Å². The second-order valence-electron chi connectivity index (χ2n) is 8.51. The Morgan fingerprint density at radius 1 is 0.882 bits per heavy atom. The van der Waals surface area contributed by atoms with Gasteiger partial charge in [-0.3, -0.25) is 4.79 Å².